The van der Waals surface area contributed by atoms with Crippen LogP contribution in [0.2, 0.25) is 0 Å². The molecular weight excluding hydrogens is 424 g/mol. The minimum absolute atomic E-state index is 0.238. The second kappa shape index (κ2) is 10.3. The van der Waals surface area contributed by atoms with Crippen molar-refractivity contribution in [1.82, 2.24) is 0 Å². The molecule has 4 nitrogen and oxygen atoms in total. The van der Waals surface area contributed by atoms with Gasteiger partial charge in [0.1, 0.15) is 0 Å². The van der Waals surface area contributed by atoms with E-state index in [1.807, 2.05) is 24.3 Å². The van der Waals surface area contributed by atoms with E-state index >= 15 is 0 Å². The fraction of sp³-hybridized carbons (Fsp3) is 0.333. The van der Waals surface area contributed by atoms with Crippen LogP contribution in [0.1, 0.15) is 89.3 Å². The number of hydrogen-bond donors (Lipinski definition) is 2. The van der Waals surface area contributed by atoms with Crippen LogP contribution in [-0.4, -0.2) is 22.2 Å². The lowest BCUT2D eigenvalue weighted by atomic mass is 9.77. The van der Waals surface area contributed by atoms with Crippen molar-refractivity contribution >= 4 is 11.9 Å². The van der Waals surface area contributed by atoms with Crippen LogP contribution in [0, 0.1) is 0 Å². The summed E-state index contributed by atoms with van der Waals surface area (Å²) >= 11 is 0. The minimum atomic E-state index is -0.980. The van der Waals surface area contributed by atoms with Crippen molar-refractivity contribution in [1.29, 1.82) is 0 Å². The molecule has 0 amide bonds. The smallest absolute Gasteiger partial charge is 0.336 e. The Labute approximate surface area is 201 Å². The lowest BCUT2D eigenvalue weighted by Gasteiger charge is -2.26. The van der Waals surface area contributed by atoms with Crippen molar-refractivity contribution in [3.8, 4) is 22.3 Å². The maximum atomic E-state index is 12.3. The van der Waals surface area contributed by atoms with Crippen LogP contribution in [0.15, 0.2) is 54.6 Å². The van der Waals surface area contributed by atoms with Crippen molar-refractivity contribution in [2.45, 2.75) is 64.7 Å². The van der Waals surface area contributed by atoms with Crippen LogP contribution >= 0.6 is 0 Å². The van der Waals surface area contributed by atoms with Gasteiger partial charge in [0.05, 0.1) is 11.1 Å². The van der Waals surface area contributed by atoms with E-state index < -0.39 is 11.9 Å². The van der Waals surface area contributed by atoms with E-state index in [4.69, 9.17) is 0 Å². The monoisotopic (exact) mass is 456 g/mol. The summed E-state index contributed by atoms with van der Waals surface area (Å²) in [4.78, 5) is 24.5. The van der Waals surface area contributed by atoms with Gasteiger partial charge in [-0.25, -0.2) is 9.59 Å². The fourth-order valence-corrected chi connectivity index (χ4v) is 5.58. The number of rotatable bonds is 8. The quantitative estimate of drug-likeness (QED) is 0.366. The SMILES string of the molecule is CCCc1c(C2CCCC2)cc(CC)c(-c2ccccc2C(=O)O)c1-c1ccccc1C(=O)O. The number of carboxylic acid groups (broad SMARTS) is 2. The van der Waals surface area contributed by atoms with Gasteiger partial charge in [-0.05, 0) is 82.7 Å². The number of carbonyl (C=O) groups is 2. The number of benzene rings is 3. The summed E-state index contributed by atoms with van der Waals surface area (Å²) in [6.45, 7) is 4.23. The standard InChI is InChI=1S/C30H32O4/c1-3-11-21-26(20-12-5-6-13-20)18-19(4-2)27(22-14-7-9-16-24(22)29(31)32)28(21)23-15-8-10-17-25(23)30(33)34/h7-10,14-18,20H,3-6,11-13H2,1-2H3,(H,31,32)(H,33,34). The average Bonchev–Trinajstić information content (AvgIpc) is 3.38. The molecule has 1 aliphatic rings. The molecule has 0 unspecified atom stereocenters. The van der Waals surface area contributed by atoms with Crippen molar-refractivity contribution in [2.75, 3.05) is 0 Å². The molecule has 0 saturated heterocycles. The van der Waals surface area contributed by atoms with Crippen LogP contribution in [0.4, 0.5) is 0 Å². The van der Waals surface area contributed by atoms with E-state index in [9.17, 15) is 19.8 Å². The van der Waals surface area contributed by atoms with E-state index in [0.717, 1.165) is 48.8 Å². The Hall–Kier alpha value is -3.40. The van der Waals surface area contributed by atoms with E-state index in [1.54, 1.807) is 24.3 Å². The molecule has 0 aromatic heterocycles. The van der Waals surface area contributed by atoms with Crippen LogP contribution in [0.25, 0.3) is 22.3 Å². The molecule has 0 aliphatic heterocycles. The van der Waals surface area contributed by atoms with Crippen molar-refractivity contribution in [3.63, 3.8) is 0 Å². The zero-order valence-electron chi connectivity index (χ0n) is 19.9. The van der Waals surface area contributed by atoms with Gasteiger partial charge < -0.3 is 10.2 Å². The zero-order chi connectivity index (χ0) is 24.2. The minimum Gasteiger partial charge on any atom is -0.478 e. The predicted molar refractivity (Wildman–Crippen MR) is 136 cm³/mol. The van der Waals surface area contributed by atoms with E-state index in [-0.39, 0.29) is 11.1 Å². The summed E-state index contributed by atoms with van der Waals surface area (Å²) in [5.74, 6) is -1.49. The Balaban J connectivity index is 2.18. The van der Waals surface area contributed by atoms with Crippen LogP contribution in [-0.2, 0) is 12.8 Å². The maximum absolute atomic E-state index is 12.3. The summed E-state index contributed by atoms with van der Waals surface area (Å²) in [6, 6.07) is 16.5. The molecular formula is C30H32O4. The van der Waals surface area contributed by atoms with E-state index in [2.05, 4.69) is 19.9 Å². The molecule has 3 aromatic carbocycles. The first-order valence-electron chi connectivity index (χ1n) is 12.3. The van der Waals surface area contributed by atoms with Crippen molar-refractivity contribution in [3.05, 3.63) is 82.4 Å². The summed E-state index contributed by atoms with van der Waals surface area (Å²) in [5.41, 5.74) is 7.14. The zero-order valence-corrected chi connectivity index (χ0v) is 19.9. The normalized spacial score (nSPS) is 13.8. The highest BCUT2D eigenvalue weighted by molar-refractivity contribution is 6.04. The van der Waals surface area contributed by atoms with Crippen LogP contribution in [0.5, 0.6) is 0 Å². The maximum Gasteiger partial charge on any atom is 0.336 e. The Morgan fingerprint density at radius 3 is 1.85 bits per heavy atom. The van der Waals surface area contributed by atoms with Gasteiger partial charge in [0, 0.05) is 0 Å². The number of aryl methyl sites for hydroxylation is 1. The number of hydrogen-bond acceptors (Lipinski definition) is 2. The topological polar surface area (TPSA) is 74.6 Å². The second-order valence-electron chi connectivity index (χ2n) is 9.14. The van der Waals surface area contributed by atoms with Crippen molar-refractivity contribution < 1.29 is 19.8 Å². The van der Waals surface area contributed by atoms with Gasteiger partial charge in [0.2, 0.25) is 0 Å². The van der Waals surface area contributed by atoms with Gasteiger partial charge in [-0.1, -0.05) is 75.6 Å². The largest absolute Gasteiger partial charge is 0.478 e. The highest BCUT2D eigenvalue weighted by atomic mass is 16.4. The van der Waals surface area contributed by atoms with Crippen molar-refractivity contribution in [2.24, 2.45) is 0 Å². The van der Waals surface area contributed by atoms with Gasteiger partial charge >= 0.3 is 11.9 Å². The third-order valence-electron chi connectivity index (χ3n) is 7.08. The van der Waals surface area contributed by atoms with Crippen LogP contribution < -0.4 is 0 Å². The third kappa shape index (κ3) is 4.37. The van der Waals surface area contributed by atoms with Gasteiger partial charge in [-0.15, -0.1) is 0 Å². The molecule has 176 valence electrons. The van der Waals surface area contributed by atoms with Gasteiger partial charge in [0.25, 0.3) is 0 Å². The first-order valence-corrected chi connectivity index (χ1v) is 12.3. The summed E-state index contributed by atoms with van der Waals surface area (Å²) < 4.78 is 0. The summed E-state index contributed by atoms with van der Waals surface area (Å²) in [6.07, 6.45) is 7.19. The molecule has 1 saturated carbocycles. The summed E-state index contributed by atoms with van der Waals surface area (Å²) in [5, 5.41) is 20.1. The Morgan fingerprint density at radius 2 is 1.35 bits per heavy atom. The fourth-order valence-electron chi connectivity index (χ4n) is 5.58. The van der Waals surface area contributed by atoms with Gasteiger partial charge in [-0.2, -0.15) is 0 Å². The number of carboxylic acids is 2. The molecule has 4 rings (SSSR count). The molecule has 1 fully saturated rings. The second-order valence-corrected chi connectivity index (χ2v) is 9.14. The highest BCUT2D eigenvalue weighted by Crippen LogP contribution is 2.47. The van der Waals surface area contributed by atoms with E-state index in [1.165, 1.54) is 24.0 Å². The molecule has 0 atom stereocenters. The lowest BCUT2D eigenvalue weighted by molar-refractivity contribution is 0.0686. The Kier molecular flexibility index (Phi) is 7.16. The molecule has 34 heavy (non-hydrogen) atoms. The molecule has 3 aromatic rings. The average molecular weight is 457 g/mol. The molecule has 1 aliphatic carbocycles. The van der Waals surface area contributed by atoms with Gasteiger partial charge in [-0.3, -0.25) is 0 Å². The molecule has 0 bridgehead atoms. The lowest BCUT2D eigenvalue weighted by Crippen LogP contribution is -2.10. The third-order valence-corrected chi connectivity index (χ3v) is 7.08. The number of aromatic carboxylic acids is 2. The summed E-state index contributed by atoms with van der Waals surface area (Å²) in [7, 11) is 0. The highest BCUT2D eigenvalue weighted by Gasteiger charge is 2.28. The van der Waals surface area contributed by atoms with Crippen LogP contribution in [0.3, 0.4) is 0 Å². The molecule has 4 heteroatoms. The molecule has 0 heterocycles. The molecule has 0 radical (unpaired) electrons. The first-order chi connectivity index (χ1) is 16.5. The first kappa shape index (κ1) is 23.7. The van der Waals surface area contributed by atoms with Gasteiger partial charge in [0.15, 0.2) is 0 Å². The Bertz CT molecular complexity index is 1220. The predicted octanol–water partition coefficient (Wildman–Crippen LogP) is 7.59. The molecule has 2 N–H and O–H groups in total. The molecule has 0 spiro atoms. The Morgan fingerprint density at radius 1 is 0.824 bits per heavy atom. The van der Waals surface area contributed by atoms with E-state index in [0.29, 0.717) is 17.0 Å².